The normalized spacial score (nSPS) is 33.7. The van der Waals surface area contributed by atoms with E-state index >= 15 is 0 Å². The van der Waals surface area contributed by atoms with Gasteiger partial charge in [-0.05, 0) is 24.3 Å². The summed E-state index contributed by atoms with van der Waals surface area (Å²) in [6.07, 6.45) is -11.4. The molecular formula is C21H26N4O12. The number of aromatic nitrogens is 3. The Morgan fingerprint density at radius 3 is 2.24 bits per heavy atom. The molecule has 202 valence electrons. The predicted octanol–water partition coefficient (Wildman–Crippen LogP) is -3.97. The van der Waals surface area contributed by atoms with E-state index in [1.165, 1.54) is 24.3 Å². The van der Waals surface area contributed by atoms with Gasteiger partial charge in [0, 0.05) is 0 Å². The molecule has 2 saturated heterocycles. The van der Waals surface area contributed by atoms with E-state index in [2.05, 4.69) is 10.1 Å². The Balaban J connectivity index is 1.32. The van der Waals surface area contributed by atoms with Crippen LogP contribution in [-0.4, -0.2) is 120 Å². The van der Waals surface area contributed by atoms with E-state index in [4.69, 9.17) is 24.7 Å². The van der Waals surface area contributed by atoms with Crippen LogP contribution in [0.15, 0.2) is 30.6 Å². The van der Waals surface area contributed by atoms with Gasteiger partial charge in [-0.2, -0.15) is 0 Å². The summed E-state index contributed by atoms with van der Waals surface area (Å²) in [6.45, 7) is -1.03. The van der Waals surface area contributed by atoms with Gasteiger partial charge in [0.05, 0.1) is 12.2 Å². The van der Waals surface area contributed by atoms with Gasteiger partial charge >= 0.3 is 5.97 Å². The van der Waals surface area contributed by atoms with Crippen LogP contribution in [0, 0.1) is 0 Å². The highest BCUT2D eigenvalue weighted by molar-refractivity contribution is 5.89. The van der Waals surface area contributed by atoms with Crippen LogP contribution in [0.1, 0.15) is 27.2 Å². The van der Waals surface area contributed by atoms with E-state index in [-0.39, 0.29) is 17.1 Å². The van der Waals surface area contributed by atoms with Crippen LogP contribution >= 0.6 is 0 Å². The summed E-state index contributed by atoms with van der Waals surface area (Å²) in [7, 11) is 0. The Morgan fingerprint density at radius 1 is 0.946 bits per heavy atom. The van der Waals surface area contributed by atoms with E-state index in [1.807, 2.05) is 0 Å². The average Bonchev–Trinajstić information content (AvgIpc) is 3.49. The first-order valence-corrected chi connectivity index (χ1v) is 11.1. The second-order valence-electron chi connectivity index (χ2n) is 8.40. The largest absolute Gasteiger partial charge is 0.462 e. The number of benzene rings is 1. The molecule has 9 atom stereocenters. The third-order valence-corrected chi connectivity index (χ3v) is 5.90. The zero-order valence-corrected chi connectivity index (χ0v) is 19.0. The monoisotopic (exact) mass is 526 g/mol. The highest BCUT2D eigenvalue weighted by Crippen LogP contribution is 2.29. The van der Waals surface area contributed by atoms with Crippen molar-refractivity contribution in [3.05, 3.63) is 42.0 Å². The molecule has 16 nitrogen and oxygen atoms in total. The first kappa shape index (κ1) is 26.8. The topological polar surface area (TPSA) is 249 Å². The zero-order chi connectivity index (χ0) is 26.9. The number of esters is 1. The van der Waals surface area contributed by atoms with Crippen molar-refractivity contribution in [3.63, 3.8) is 0 Å². The molecule has 7 unspecified atom stereocenters. The first-order chi connectivity index (χ1) is 17.6. The van der Waals surface area contributed by atoms with Gasteiger partial charge in [0.15, 0.2) is 6.23 Å². The SMILES string of the molecule is NC(=O)c1ncn(C2OC(COC(=O)c3ccc(OC4OC(CO)C(O)C(O)C4O)cc3)[C@@H](O)[C@H]2O)n1. The third-order valence-electron chi connectivity index (χ3n) is 5.90. The van der Waals surface area contributed by atoms with Crippen molar-refractivity contribution in [3.8, 4) is 5.75 Å². The van der Waals surface area contributed by atoms with Crippen molar-refractivity contribution < 1.29 is 59.2 Å². The Hall–Kier alpha value is -3.22. The molecule has 1 aromatic heterocycles. The number of aliphatic hydroxyl groups is 6. The molecule has 0 radical (unpaired) electrons. The van der Waals surface area contributed by atoms with Crippen molar-refractivity contribution in [2.75, 3.05) is 13.2 Å². The number of hydrogen-bond acceptors (Lipinski definition) is 14. The molecule has 2 aromatic rings. The number of rotatable bonds is 8. The molecule has 2 aliphatic rings. The van der Waals surface area contributed by atoms with E-state index in [0.717, 1.165) is 11.0 Å². The highest BCUT2D eigenvalue weighted by Gasteiger charge is 2.46. The average molecular weight is 526 g/mol. The van der Waals surface area contributed by atoms with Crippen LogP contribution in [0.5, 0.6) is 5.75 Å². The standard InChI is InChI=1S/C21H26N4O12/c22-17(32)18-23-7-25(24-18)19-15(30)13(28)11(36-19)6-34-20(33)8-1-3-9(4-2-8)35-21-16(31)14(29)12(27)10(5-26)37-21/h1-4,7,10-16,19,21,26-31H,5-6H2,(H2,22,32)/t10?,11?,12?,13-,14?,15-,16?,19?,21?/m1/s1. The Bertz CT molecular complexity index is 1100. The van der Waals surface area contributed by atoms with Gasteiger partial charge in [0.1, 0.15) is 61.4 Å². The fraction of sp³-hybridized carbons (Fsp3) is 0.524. The Kier molecular flexibility index (Phi) is 8.00. The Labute approximate surface area is 208 Å². The van der Waals surface area contributed by atoms with Gasteiger partial charge in [0.25, 0.3) is 5.91 Å². The number of primary amides is 1. The fourth-order valence-corrected chi connectivity index (χ4v) is 3.81. The van der Waals surface area contributed by atoms with Gasteiger partial charge in [-0.15, -0.1) is 5.10 Å². The summed E-state index contributed by atoms with van der Waals surface area (Å²) in [4.78, 5) is 27.3. The second kappa shape index (κ2) is 11.0. The van der Waals surface area contributed by atoms with Crippen LogP contribution < -0.4 is 10.5 Å². The highest BCUT2D eigenvalue weighted by atomic mass is 16.7. The number of nitrogens with two attached hydrogens (primary N) is 1. The molecule has 0 bridgehead atoms. The zero-order valence-electron chi connectivity index (χ0n) is 19.0. The molecule has 4 rings (SSSR count). The van der Waals surface area contributed by atoms with Gasteiger partial charge in [-0.25, -0.2) is 14.5 Å². The molecule has 16 heteroatoms. The maximum Gasteiger partial charge on any atom is 0.338 e. The van der Waals surface area contributed by atoms with Crippen molar-refractivity contribution in [2.24, 2.45) is 5.73 Å². The third kappa shape index (κ3) is 5.55. The summed E-state index contributed by atoms with van der Waals surface area (Å²) >= 11 is 0. The number of ether oxygens (including phenoxy) is 4. The number of carbonyl (C=O) groups is 2. The molecule has 0 spiro atoms. The number of carbonyl (C=O) groups excluding carboxylic acids is 2. The lowest BCUT2D eigenvalue weighted by Crippen LogP contribution is -2.60. The summed E-state index contributed by atoms with van der Waals surface area (Å²) < 4.78 is 22.4. The van der Waals surface area contributed by atoms with E-state index < -0.39 is 80.3 Å². The predicted molar refractivity (Wildman–Crippen MR) is 116 cm³/mol. The molecule has 3 heterocycles. The maximum atomic E-state index is 12.4. The molecule has 0 aliphatic carbocycles. The number of nitrogens with zero attached hydrogens (tertiary/aromatic N) is 3. The minimum Gasteiger partial charge on any atom is -0.462 e. The van der Waals surface area contributed by atoms with Crippen LogP contribution in [0.4, 0.5) is 0 Å². The van der Waals surface area contributed by atoms with Crippen molar-refractivity contribution in [1.29, 1.82) is 0 Å². The van der Waals surface area contributed by atoms with E-state index in [1.54, 1.807) is 0 Å². The lowest BCUT2D eigenvalue weighted by molar-refractivity contribution is -0.277. The minimum atomic E-state index is -1.61. The molecule has 37 heavy (non-hydrogen) atoms. The fourth-order valence-electron chi connectivity index (χ4n) is 3.81. The lowest BCUT2D eigenvalue weighted by Gasteiger charge is -2.39. The smallest absolute Gasteiger partial charge is 0.338 e. The summed E-state index contributed by atoms with van der Waals surface area (Å²) in [5.74, 6) is -1.84. The molecule has 2 fully saturated rings. The molecule has 1 aromatic carbocycles. The molecule has 8 N–H and O–H groups in total. The minimum absolute atomic E-state index is 0.0908. The van der Waals surface area contributed by atoms with Gasteiger partial charge in [-0.1, -0.05) is 0 Å². The van der Waals surface area contributed by atoms with Crippen LogP contribution in [0.3, 0.4) is 0 Å². The summed E-state index contributed by atoms with van der Waals surface area (Å²) in [6, 6.07) is 5.40. The van der Waals surface area contributed by atoms with Gasteiger partial charge in [0.2, 0.25) is 12.1 Å². The van der Waals surface area contributed by atoms with Gasteiger partial charge < -0.3 is 55.3 Å². The second-order valence-corrected chi connectivity index (χ2v) is 8.40. The van der Waals surface area contributed by atoms with Crippen molar-refractivity contribution in [1.82, 2.24) is 14.8 Å². The van der Waals surface area contributed by atoms with Crippen LogP contribution in [-0.2, 0) is 14.2 Å². The number of amides is 1. The molecular weight excluding hydrogens is 500 g/mol. The summed E-state index contributed by atoms with van der Waals surface area (Å²) in [5, 5.41) is 63.3. The van der Waals surface area contributed by atoms with Crippen LogP contribution in [0.2, 0.25) is 0 Å². The Morgan fingerprint density at radius 2 is 1.62 bits per heavy atom. The molecule has 0 saturated carbocycles. The molecule has 1 amide bonds. The first-order valence-electron chi connectivity index (χ1n) is 11.1. The van der Waals surface area contributed by atoms with Crippen LogP contribution in [0.25, 0.3) is 0 Å². The summed E-state index contributed by atoms with van der Waals surface area (Å²) in [5.41, 5.74) is 5.19. The quantitative estimate of drug-likeness (QED) is 0.162. The van der Waals surface area contributed by atoms with E-state index in [0.29, 0.717) is 0 Å². The molecule has 2 aliphatic heterocycles. The van der Waals surface area contributed by atoms with Crippen molar-refractivity contribution >= 4 is 11.9 Å². The van der Waals surface area contributed by atoms with E-state index in [9.17, 15) is 40.2 Å². The number of hydrogen-bond donors (Lipinski definition) is 7. The lowest BCUT2D eigenvalue weighted by atomic mass is 9.99. The maximum absolute atomic E-state index is 12.4. The number of aliphatic hydroxyl groups excluding tert-OH is 6. The van der Waals surface area contributed by atoms with Gasteiger partial charge in [-0.3, -0.25) is 4.79 Å². The van der Waals surface area contributed by atoms with Crippen molar-refractivity contribution in [2.45, 2.75) is 55.2 Å².